The molecule has 0 bridgehead atoms. The van der Waals surface area contributed by atoms with Crippen LogP contribution in [0.2, 0.25) is 0 Å². The second-order valence-corrected chi connectivity index (χ2v) is 5.61. The topological polar surface area (TPSA) is 47.9 Å². The van der Waals surface area contributed by atoms with E-state index >= 15 is 0 Å². The third kappa shape index (κ3) is 6.47. The molecular formula is C17H32O4. The average molecular weight is 300 g/mol. The normalized spacial score (nSPS) is 30.1. The predicted octanol–water partition coefficient (Wildman–Crippen LogP) is 3.08. The molecule has 1 rings (SSSR count). The summed E-state index contributed by atoms with van der Waals surface area (Å²) in [5.41, 5.74) is 0. The van der Waals surface area contributed by atoms with E-state index in [9.17, 15) is 5.11 Å². The highest BCUT2D eigenvalue weighted by molar-refractivity contribution is 5.00. The Morgan fingerprint density at radius 3 is 2.62 bits per heavy atom. The fourth-order valence-electron chi connectivity index (χ4n) is 2.72. The zero-order valence-electron chi connectivity index (χ0n) is 13.8. The third-order valence-corrected chi connectivity index (χ3v) is 3.95. The van der Waals surface area contributed by atoms with Crippen molar-refractivity contribution in [1.29, 1.82) is 0 Å². The molecule has 0 saturated carbocycles. The number of allylic oxidation sites excluding steroid dienone is 1. The number of methoxy groups -OCH3 is 1. The lowest BCUT2D eigenvalue weighted by molar-refractivity contribution is -0.197. The molecule has 1 saturated heterocycles. The largest absolute Gasteiger partial charge is 0.387 e. The summed E-state index contributed by atoms with van der Waals surface area (Å²) in [7, 11) is 1.61. The first-order valence-corrected chi connectivity index (χ1v) is 8.35. The van der Waals surface area contributed by atoms with E-state index in [2.05, 4.69) is 13.0 Å². The van der Waals surface area contributed by atoms with Crippen molar-refractivity contribution >= 4 is 0 Å². The Morgan fingerprint density at radius 1 is 1.19 bits per heavy atom. The van der Waals surface area contributed by atoms with Crippen molar-refractivity contribution in [3.8, 4) is 0 Å². The molecule has 0 unspecified atom stereocenters. The van der Waals surface area contributed by atoms with Crippen molar-refractivity contribution in [1.82, 2.24) is 0 Å². The predicted molar refractivity (Wildman–Crippen MR) is 84.5 cm³/mol. The fraction of sp³-hybridized carbons (Fsp3) is 0.882. The van der Waals surface area contributed by atoms with Crippen LogP contribution in [0.1, 0.15) is 52.4 Å². The Morgan fingerprint density at radius 2 is 1.95 bits per heavy atom. The van der Waals surface area contributed by atoms with E-state index < -0.39 is 6.10 Å². The Bertz CT molecular complexity index is 280. The molecule has 1 fully saturated rings. The third-order valence-electron chi connectivity index (χ3n) is 3.95. The first-order valence-electron chi connectivity index (χ1n) is 8.35. The Balaban J connectivity index is 2.32. The molecule has 21 heavy (non-hydrogen) atoms. The van der Waals surface area contributed by atoms with Gasteiger partial charge in [-0.25, -0.2) is 0 Å². The molecule has 1 N–H and O–H groups in total. The van der Waals surface area contributed by atoms with E-state index in [4.69, 9.17) is 14.2 Å². The maximum atomic E-state index is 10.3. The first-order chi connectivity index (χ1) is 10.2. The molecule has 1 aliphatic heterocycles. The number of aliphatic hydroxyl groups is 1. The fourth-order valence-corrected chi connectivity index (χ4v) is 2.72. The molecule has 124 valence electrons. The lowest BCUT2D eigenvalue weighted by atomic mass is 9.99. The van der Waals surface area contributed by atoms with Gasteiger partial charge >= 0.3 is 0 Å². The van der Waals surface area contributed by atoms with E-state index in [0.717, 1.165) is 6.42 Å². The second kappa shape index (κ2) is 11.2. The highest BCUT2D eigenvalue weighted by atomic mass is 16.6. The molecule has 0 amide bonds. The Kier molecular flexibility index (Phi) is 9.92. The number of rotatable bonds is 10. The zero-order chi connectivity index (χ0) is 15.5. The summed E-state index contributed by atoms with van der Waals surface area (Å²) in [6.45, 7) is 5.22. The van der Waals surface area contributed by atoms with Gasteiger partial charge in [-0.05, 0) is 19.8 Å². The Labute approximate surface area is 129 Å². The van der Waals surface area contributed by atoms with Crippen LogP contribution in [0.4, 0.5) is 0 Å². The van der Waals surface area contributed by atoms with Gasteiger partial charge in [-0.2, -0.15) is 0 Å². The van der Waals surface area contributed by atoms with Gasteiger partial charge in [0.2, 0.25) is 0 Å². The van der Waals surface area contributed by atoms with Crippen LogP contribution in [-0.4, -0.2) is 49.8 Å². The highest BCUT2D eigenvalue weighted by Gasteiger charge is 2.39. The van der Waals surface area contributed by atoms with Crippen molar-refractivity contribution in [2.24, 2.45) is 0 Å². The maximum Gasteiger partial charge on any atom is 0.114 e. The van der Waals surface area contributed by atoms with Crippen molar-refractivity contribution in [3.63, 3.8) is 0 Å². The number of aliphatic hydroxyl groups excluding tert-OH is 1. The molecule has 1 heterocycles. The molecule has 0 spiro atoms. The minimum Gasteiger partial charge on any atom is -0.387 e. The molecule has 4 atom stereocenters. The van der Waals surface area contributed by atoms with E-state index in [0.29, 0.717) is 13.2 Å². The van der Waals surface area contributed by atoms with Gasteiger partial charge in [0.25, 0.3) is 0 Å². The van der Waals surface area contributed by atoms with E-state index in [1.54, 1.807) is 7.11 Å². The number of hydrogen-bond acceptors (Lipinski definition) is 4. The summed E-state index contributed by atoms with van der Waals surface area (Å²) in [5.74, 6) is 0. The highest BCUT2D eigenvalue weighted by Crippen LogP contribution is 2.21. The van der Waals surface area contributed by atoms with Gasteiger partial charge in [0.15, 0.2) is 0 Å². The van der Waals surface area contributed by atoms with Gasteiger partial charge in [0.05, 0.1) is 6.61 Å². The minimum absolute atomic E-state index is 0.186. The van der Waals surface area contributed by atoms with Crippen LogP contribution in [0.3, 0.4) is 0 Å². The molecule has 4 nitrogen and oxygen atoms in total. The molecule has 0 aromatic carbocycles. The lowest BCUT2D eigenvalue weighted by Crippen LogP contribution is -2.54. The summed E-state index contributed by atoms with van der Waals surface area (Å²) in [6, 6.07) is 0. The summed E-state index contributed by atoms with van der Waals surface area (Å²) >= 11 is 0. The van der Waals surface area contributed by atoms with Gasteiger partial charge in [-0.3, -0.25) is 0 Å². The van der Waals surface area contributed by atoms with Crippen LogP contribution < -0.4 is 0 Å². The van der Waals surface area contributed by atoms with Crippen LogP contribution >= 0.6 is 0 Å². The molecular weight excluding hydrogens is 268 g/mol. The number of ether oxygens (including phenoxy) is 3. The van der Waals surface area contributed by atoms with Gasteiger partial charge in [-0.1, -0.05) is 44.8 Å². The van der Waals surface area contributed by atoms with Gasteiger partial charge < -0.3 is 19.3 Å². The maximum absolute atomic E-state index is 10.3. The zero-order valence-corrected chi connectivity index (χ0v) is 13.8. The molecule has 0 aromatic rings. The van der Waals surface area contributed by atoms with Crippen LogP contribution in [0.5, 0.6) is 0 Å². The first kappa shape index (κ1) is 18.6. The van der Waals surface area contributed by atoms with Crippen LogP contribution in [0.25, 0.3) is 0 Å². The van der Waals surface area contributed by atoms with Gasteiger partial charge in [-0.15, -0.1) is 0 Å². The van der Waals surface area contributed by atoms with Gasteiger partial charge in [0.1, 0.15) is 24.4 Å². The second-order valence-electron chi connectivity index (χ2n) is 5.61. The molecule has 4 heteroatoms. The number of hydrogen-bond donors (Lipinski definition) is 1. The smallest absolute Gasteiger partial charge is 0.114 e. The van der Waals surface area contributed by atoms with Crippen molar-refractivity contribution in [2.45, 2.75) is 76.8 Å². The van der Waals surface area contributed by atoms with Crippen molar-refractivity contribution in [2.75, 3.05) is 20.3 Å². The van der Waals surface area contributed by atoms with Crippen molar-refractivity contribution < 1.29 is 19.3 Å². The summed E-state index contributed by atoms with van der Waals surface area (Å²) < 4.78 is 16.6. The summed E-state index contributed by atoms with van der Waals surface area (Å²) in [4.78, 5) is 0. The van der Waals surface area contributed by atoms with E-state index in [-0.39, 0.29) is 18.3 Å². The number of unbranched alkanes of at least 4 members (excludes halogenated alkanes) is 5. The van der Waals surface area contributed by atoms with Crippen molar-refractivity contribution in [3.05, 3.63) is 12.2 Å². The quantitative estimate of drug-likeness (QED) is 0.497. The monoisotopic (exact) mass is 300 g/mol. The lowest BCUT2D eigenvalue weighted by Gasteiger charge is -2.38. The van der Waals surface area contributed by atoms with Gasteiger partial charge in [0, 0.05) is 13.7 Å². The van der Waals surface area contributed by atoms with E-state index in [1.165, 1.54) is 32.1 Å². The standard InChI is InChI=1S/C17H32O4/c1-4-6-7-8-9-10-11-12-14-16(18)17(19-3)15(13-21-14)20-5-2/h11-12,14-18H,4-10,13H2,1-3H3/t14-,15+,16+,17-/m0/s1. The van der Waals surface area contributed by atoms with E-state index in [1.807, 2.05) is 13.0 Å². The molecule has 0 aromatic heterocycles. The van der Waals surface area contributed by atoms with Crippen LogP contribution in [0.15, 0.2) is 12.2 Å². The Hall–Kier alpha value is -0.420. The SMILES string of the molecule is CCCCCCCC=C[C@@H]1OC[C@@H](OCC)[C@H](OC)[C@@H]1O. The summed E-state index contributed by atoms with van der Waals surface area (Å²) in [6.07, 6.45) is 10.1. The summed E-state index contributed by atoms with van der Waals surface area (Å²) in [5, 5.41) is 10.3. The average Bonchev–Trinajstić information content (AvgIpc) is 2.49. The molecule has 0 radical (unpaired) electrons. The minimum atomic E-state index is -0.670. The molecule has 1 aliphatic rings. The molecule has 0 aliphatic carbocycles. The van der Waals surface area contributed by atoms with Crippen LogP contribution in [-0.2, 0) is 14.2 Å². The van der Waals surface area contributed by atoms with Crippen LogP contribution in [0, 0.1) is 0 Å².